The van der Waals surface area contributed by atoms with Crippen molar-refractivity contribution >= 4 is 15.7 Å². The second-order valence-corrected chi connectivity index (χ2v) is 7.17. The predicted octanol–water partition coefficient (Wildman–Crippen LogP) is 0.474. The number of nitrogens with zero attached hydrogens (tertiary/aromatic N) is 1. The molecule has 0 aliphatic heterocycles. The van der Waals surface area contributed by atoms with Gasteiger partial charge in [0, 0.05) is 6.26 Å². The van der Waals surface area contributed by atoms with Crippen LogP contribution >= 0.6 is 0 Å². The largest absolute Gasteiger partial charge is 0.339 e. The van der Waals surface area contributed by atoms with Gasteiger partial charge in [-0.25, -0.2) is 8.42 Å². The van der Waals surface area contributed by atoms with Gasteiger partial charge in [0.25, 0.3) is 0 Å². The first kappa shape index (κ1) is 14.9. The molecule has 92 valence electrons. The third-order valence-electron chi connectivity index (χ3n) is 2.57. The van der Waals surface area contributed by atoms with Crippen molar-refractivity contribution in [2.45, 2.75) is 38.5 Å². The highest BCUT2D eigenvalue weighted by molar-refractivity contribution is 7.92. The standard InChI is InChI=1S/C10H18N2O3S/c1-7(2)8(6-11)12-9(13)10(3,4)16(5,14)15/h7-8H,1-5H3,(H,12,13). The Morgan fingerprint density at radius 3 is 2.06 bits per heavy atom. The highest BCUT2D eigenvalue weighted by atomic mass is 32.2. The van der Waals surface area contributed by atoms with Crippen molar-refractivity contribution < 1.29 is 13.2 Å². The highest BCUT2D eigenvalue weighted by Crippen LogP contribution is 2.16. The van der Waals surface area contributed by atoms with Gasteiger partial charge < -0.3 is 5.32 Å². The van der Waals surface area contributed by atoms with Crippen LogP contribution in [-0.2, 0) is 14.6 Å². The summed E-state index contributed by atoms with van der Waals surface area (Å²) in [6, 6.07) is 1.26. The lowest BCUT2D eigenvalue weighted by molar-refractivity contribution is -0.123. The van der Waals surface area contributed by atoms with E-state index in [1.54, 1.807) is 13.8 Å². The average Bonchev–Trinajstić information content (AvgIpc) is 2.11. The third kappa shape index (κ3) is 3.20. The van der Waals surface area contributed by atoms with Gasteiger partial charge in [-0.1, -0.05) is 13.8 Å². The number of amides is 1. The summed E-state index contributed by atoms with van der Waals surface area (Å²) in [5.74, 6) is -0.709. The number of hydrogen-bond donors (Lipinski definition) is 1. The molecule has 0 radical (unpaired) electrons. The van der Waals surface area contributed by atoms with E-state index in [1.165, 1.54) is 13.8 Å². The monoisotopic (exact) mass is 246 g/mol. The third-order valence-corrected chi connectivity index (χ3v) is 4.61. The smallest absolute Gasteiger partial charge is 0.241 e. The maximum atomic E-state index is 11.7. The number of nitriles is 1. The minimum absolute atomic E-state index is 0.0655. The van der Waals surface area contributed by atoms with Crippen LogP contribution in [0.15, 0.2) is 0 Å². The molecule has 0 aliphatic rings. The van der Waals surface area contributed by atoms with Gasteiger partial charge in [0.2, 0.25) is 5.91 Å². The molecule has 0 fully saturated rings. The molecule has 16 heavy (non-hydrogen) atoms. The van der Waals surface area contributed by atoms with Gasteiger partial charge in [-0.2, -0.15) is 5.26 Å². The summed E-state index contributed by atoms with van der Waals surface area (Å²) in [5.41, 5.74) is 0. The zero-order valence-electron chi connectivity index (χ0n) is 10.2. The molecule has 6 heteroatoms. The maximum Gasteiger partial charge on any atom is 0.241 e. The Bertz CT molecular complexity index is 404. The van der Waals surface area contributed by atoms with E-state index in [4.69, 9.17) is 5.26 Å². The summed E-state index contributed by atoms with van der Waals surface area (Å²) in [6.45, 7) is 6.21. The van der Waals surface area contributed by atoms with Gasteiger partial charge in [0.05, 0.1) is 6.07 Å². The van der Waals surface area contributed by atoms with E-state index in [1.807, 2.05) is 6.07 Å². The number of hydrogen-bond acceptors (Lipinski definition) is 4. The molecule has 0 aliphatic carbocycles. The van der Waals surface area contributed by atoms with Crippen LogP contribution in [0.1, 0.15) is 27.7 Å². The van der Waals surface area contributed by atoms with Crippen molar-refractivity contribution in [3.63, 3.8) is 0 Å². The number of carbonyl (C=O) groups excluding carboxylic acids is 1. The van der Waals surface area contributed by atoms with Crippen molar-refractivity contribution in [2.75, 3.05) is 6.26 Å². The molecule has 1 unspecified atom stereocenters. The summed E-state index contributed by atoms with van der Waals surface area (Å²) < 4.78 is 21.3. The Balaban J connectivity index is 4.93. The minimum Gasteiger partial charge on any atom is -0.339 e. The summed E-state index contributed by atoms with van der Waals surface area (Å²) in [6.07, 6.45) is 1.00. The number of rotatable bonds is 4. The summed E-state index contributed by atoms with van der Waals surface area (Å²) >= 11 is 0. The van der Waals surface area contributed by atoms with Crippen molar-refractivity contribution in [1.82, 2.24) is 5.32 Å². The van der Waals surface area contributed by atoms with Crippen LogP contribution in [0.25, 0.3) is 0 Å². The summed E-state index contributed by atoms with van der Waals surface area (Å²) in [7, 11) is -3.50. The topological polar surface area (TPSA) is 87.0 Å². The van der Waals surface area contributed by atoms with Crippen molar-refractivity contribution in [1.29, 1.82) is 5.26 Å². The van der Waals surface area contributed by atoms with Gasteiger partial charge >= 0.3 is 0 Å². The van der Waals surface area contributed by atoms with E-state index in [0.717, 1.165) is 6.26 Å². The van der Waals surface area contributed by atoms with E-state index in [0.29, 0.717) is 0 Å². The SMILES string of the molecule is CC(C)C(C#N)NC(=O)C(C)(C)S(C)(=O)=O. The first-order chi connectivity index (χ1) is 7.04. The van der Waals surface area contributed by atoms with Crippen LogP contribution in [0.5, 0.6) is 0 Å². The lowest BCUT2D eigenvalue weighted by Crippen LogP contribution is -2.51. The molecule has 0 saturated heterocycles. The van der Waals surface area contributed by atoms with Gasteiger partial charge in [0.15, 0.2) is 9.84 Å². The first-order valence-electron chi connectivity index (χ1n) is 4.94. The molecule has 0 aromatic heterocycles. The molecular formula is C10H18N2O3S. The fraction of sp³-hybridized carbons (Fsp3) is 0.800. The van der Waals surface area contributed by atoms with Gasteiger partial charge in [0.1, 0.15) is 10.8 Å². The first-order valence-corrected chi connectivity index (χ1v) is 6.83. The molecule has 0 aromatic rings. The van der Waals surface area contributed by atoms with Gasteiger partial charge in [-0.3, -0.25) is 4.79 Å². The van der Waals surface area contributed by atoms with E-state index in [2.05, 4.69) is 5.32 Å². The minimum atomic E-state index is -3.50. The van der Waals surface area contributed by atoms with Crippen molar-refractivity contribution in [3.05, 3.63) is 0 Å². The predicted molar refractivity (Wildman–Crippen MR) is 61.3 cm³/mol. The van der Waals surface area contributed by atoms with Crippen LogP contribution in [0.3, 0.4) is 0 Å². The Kier molecular flexibility index (Phi) is 4.50. The summed E-state index contributed by atoms with van der Waals surface area (Å²) in [4.78, 5) is 11.7. The second-order valence-electron chi connectivity index (χ2n) is 4.61. The lowest BCUT2D eigenvalue weighted by Gasteiger charge is -2.24. The molecule has 0 bridgehead atoms. The zero-order valence-corrected chi connectivity index (χ0v) is 11.1. The fourth-order valence-corrected chi connectivity index (χ4v) is 1.23. The molecule has 0 spiro atoms. The van der Waals surface area contributed by atoms with Crippen LogP contribution < -0.4 is 5.32 Å². The Morgan fingerprint density at radius 2 is 1.81 bits per heavy atom. The van der Waals surface area contributed by atoms with E-state index < -0.39 is 26.5 Å². The maximum absolute atomic E-state index is 11.7. The zero-order chi connectivity index (χ0) is 13.1. The quantitative estimate of drug-likeness (QED) is 0.781. The molecule has 1 N–H and O–H groups in total. The number of carbonyl (C=O) groups is 1. The molecule has 1 amide bonds. The molecule has 0 saturated carbocycles. The normalized spacial score (nSPS) is 14.3. The summed E-state index contributed by atoms with van der Waals surface area (Å²) in [5, 5.41) is 11.2. The van der Waals surface area contributed by atoms with Gasteiger partial charge in [-0.15, -0.1) is 0 Å². The van der Waals surface area contributed by atoms with E-state index in [-0.39, 0.29) is 5.92 Å². The van der Waals surface area contributed by atoms with Crippen molar-refractivity contribution in [3.8, 4) is 6.07 Å². The van der Waals surface area contributed by atoms with Crippen LogP contribution in [0.4, 0.5) is 0 Å². The fourth-order valence-electron chi connectivity index (χ4n) is 0.831. The number of sulfone groups is 1. The molecule has 1 atom stereocenters. The van der Waals surface area contributed by atoms with E-state index in [9.17, 15) is 13.2 Å². The van der Waals surface area contributed by atoms with Crippen molar-refractivity contribution in [2.24, 2.45) is 5.92 Å². The van der Waals surface area contributed by atoms with Crippen LogP contribution in [0.2, 0.25) is 0 Å². The van der Waals surface area contributed by atoms with E-state index >= 15 is 0 Å². The van der Waals surface area contributed by atoms with Crippen LogP contribution in [-0.4, -0.2) is 31.4 Å². The molecule has 0 rings (SSSR count). The molecule has 0 aromatic carbocycles. The number of nitrogens with one attached hydrogen (secondary N) is 1. The molecule has 0 heterocycles. The second kappa shape index (κ2) is 4.83. The average molecular weight is 246 g/mol. The molecule has 5 nitrogen and oxygen atoms in total. The highest BCUT2D eigenvalue weighted by Gasteiger charge is 2.39. The Hall–Kier alpha value is -1.09. The van der Waals surface area contributed by atoms with Crippen LogP contribution in [0, 0.1) is 17.2 Å². The van der Waals surface area contributed by atoms with Gasteiger partial charge in [-0.05, 0) is 19.8 Å². The molecular weight excluding hydrogens is 228 g/mol. The Morgan fingerprint density at radius 1 is 1.38 bits per heavy atom. The lowest BCUT2D eigenvalue weighted by atomic mass is 10.0. The Labute approximate surface area is 96.8 Å².